The standard InChI is InChI=1S/C24H32N6O5/c31-23(16-5-2-1-3-6-16)25-19-14-33-22-20(15-34-21(19)22)30-24(26-27-28-30)35-18-8-4-7-17(13-18)29-9-11-32-12-10-29/h4,7-8,13,16,19-22H,1-3,5-6,9-12,14-15H2,(H,25,31). The van der Waals surface area contributed by atoms with E-state index < -0.39 is 0 Å². The third-order valence-electron chi connectivity index (χ3n) is 7.51. The zero-order chi connectivity index (χ0) is 23.6. The average Bonchev–Trinajstić information content (AvgIpc) is 3.63. The zero-order valence-electron chi connectivity index (χ0n) is 19.8. The molecule has 6 rings (SSSR count). The van der Waals surface area contributed by atoms with Crippen LogP contribution in [0.4, 0.5) is 5.69 Å². The number of nitrogens with zero attached hydrogens (tertiary/aromatic N) is 5. The van der Waals surface area contributed by atoms with Gasteiger partial charge in [-0.2, -0.15) is 4.68 Å². The number of aromatic nitrogens is 4. The van der Waals surface area contributed by atoms with Crippen molar-refractivity contribution in [2.24, 2.45) is 5.92 Å². The maximum atomic E-state index is 12.8. The minimum absolute atomic E-state index is 0.104. The lowest BCUT2D eigenvalue weighted by molar-refractivity contribution is -0.127. The summed E-state index contributed by atoms with van der Waals surface area (Å²) in [6.07, 6.45) is 4.93. The van der Waals surface area contributed by atoms with Crippen LogP contribution in [-0.2, 0) is 19.0 Å². The molecule has 11 nitrogen and oxygen atoms in total. The Morgan fingerprint density at radius 2 is 1.89 bits per heavy atom. The summed E-state index contributed by atoms with van der Waals surface area (Å²) >= 11 is 0. The molecule has 1 aromatic carbocycles. The Kier molecular flexibility index (Phi) is 6.53. The fraction of sp³-hybridized carbons (Fsp3) is 0.667. The number of rotatable bonds is 6. The molecule has 1 N–H and O–H groups in total. The maximum Gasteiger partial charge on any atom is 0.341 e. The van der Waals surface area contributed by atoms with Crippen LogP contribution in [0.3, 0.4) is 0 Å². The number of hydrogen-bond donors (Lipinski definition) is 1. The fourth-order valence-electron chi connectivity index (χ4n) is 5.61. The van der Waals surface area contributed by atoms with Gasteiger partial charge in [0, 0.05) is 30.8 Å². The van der Waals surface area contributed by atoms with Crippen LogP contribution in [-0.4, -0.2) is 83.9 Å². The number of ether oxygens (including phenoxy) is 4. The molecule has 1 aliphatic carbocycles. The molecule has 11 heteroatoms. The molecule has 4 fully saturated rings. The first-order chi connectivity index (χ1) is 17.3. The molecule has 35 heavy (non-hydrogen) atoms. The highest BCUT2D eigenvalue weighted by Crippen LogP contribution is 2.36. The predicted octanol–water partition coefficient (Wildman–Crippen LogP) is 1.71. The lowest BCUT2D eigenvalue weighted by Gasteiger charge is -2.29. The van der Waals surface area contributed by atoms with Gasteiger partial charge in [-0.15, -0.1) is 0 Å². The van der Waals surface area contributed by atoms with E-state index in [4.69, 9.17) is 18.9 Å². The first-order valence-electron chi connectivity index (χ1n) is 12.7. The molecule has 4 heterocycles. The van der Waals surface area contributed by atoms with Crippen molar-refractivity contribution in [3.63, 3.8) is 0 Å². The molecule has 3 saturated heterocycles. The SMILES string of the molecule is O=C(NC1COC2C1OCC2n1nnnc1Oc1cccc(N2CCOCC2)c1)C1CCCCC1. The second-order valence-electron chi connectivity index (χ2n) is 9.72. The van der Waals surface area contributed by atoms with Crippen molar-refractivity contribution in [2.75, 3.05) is 44.4 Å². The molecule has 2 aromatic rings. The predicted molar refractivity (Wildman–Crippen MR) is 124 cm³/mol. The topological polar surface area (TPSA) is 113 Å². The minimum atomic E-state index is -0.253. The Morgan fingerprint density at radius 3 is 2.74 bits per heavy atom. The highest BCUT2D eigenvalue weighted by Gasteiger charge is 2.50. The Labute approximate surface area is 204 Å². The number of fused-ring (bicyclic) bond motifs is 1. The van der Waals surface area contributed by atoms with Crippen molar-refractivity contribution < 1.29 is 23.7 Å². The van der Waals surface area contributed by atoms with E-state index in [1.54, 1.807) is 4.68 Å². The molecular formula is C24H32N6O5. The Hall–Kier alpha value is -2.76. The maximum absolute atomic E-state index is 12.8. The summed E-state index contributed by atoms with van der Waals surface area (Å²) in [6, 6.07) is 7.79. The first-order valence-corrected chi connectivity index (χ1v) is 12.7. The number of hydrogen-bond acceptors (Lipinski definition) is 9. The van der Waals surface area contributed by atoms with Crippen LogP contribution in [0.25, 0.3) is 0 Å². The second kappa shape index (κ2) is 10.1. The van der Waals surface area contributed by atoms with Crippen molar-refractivity contribution >= 4 is 11.6 Å². The van der Waals surface area contributed by atoms with Gasteiger partial charge in [0.25, 0.3) is 0 Å². The van der Waals surface area contributed by atoms with Gasteiger partial charge in [0.2, 0.25) is 5.91 Å². The smallest absolute Gasteiger partial charge is 0.341 e. The number of carbonyl (C=O) groups excluding carboxylic acids is 1. The molecule has 1 aromatic heterocycles. The summed E-state index contributed by atoms with van der Waals surface area (Å²) in [7, 11) is 0. The van der Waals surface area contributed by atoms with Gasteiger partial charge in [-0.25, -0.2) is 0 Å². The number of morpholine rings is 1. The van der Waals surface area contributed by atoms with Crippen molar-refractivity contribution in [1.29, 1.82) is 0 Å². The van der Waals surface area contributed by atoms with Gasteiger partial charge >= 0.3 is 6.01 Å². The van der Waals surface area contributed by atoms with Gasteiger partial charge in [-0.3, -0.25) is 4.79 Å². The van der Waals surface area contributed by atoms with Gasteiger partial charge in [-0.1, -0.05) is 30.4 Å². The molecule has 4 aliphatic rings. The summed E-state index contributed by atoms with van der Waals surface area (Å²) in [4.78, 5) is 15.0. The summed E-state index contributed by atoms with van der Waals surface area (Å²) in [5.41, 5.74) is 1.07. The third-order valence-corrected chi connectivity index (χ3v) is 7.51. The highest BCUT2D eigenvalue weighted by atomic mass is 16.6. The van der Waals surface area contributed by atoms with Crippen molar-refractivity contribution in [2.45, 2.75) is 56.4 Å². The average molecular weight is 485 g/mol. The normalized spacial score (nSPS) is 29.2. The van der Waals surface area contributed by atoms with Crippen LogP contribution >= 0.6 is 0 Å². The van der Waals surface area contributed by atoms with Crippen LogP contribution in [0.15, 0.2) is 24.3 Å². The highest BCUT2D eigenvalue weighted by molar-refractivity contribution is 5.79. The lowest BCUT2D eigenvalue weighted by Crippen LogP contribution is -2.46. The second-order valence-corrected chi connectivity index (χ2v) is 9.72. The molecule has 1 amide bonds. The summed E-state index contributed by atoms with van der Waals surface area (Å²) in [5, 5.41) is 15.3. The minimum Gasteiger partial charge on any atom is -0.423 e. The fourth-order valence-corrected chi connectivity index (χ4v) is 5.61. The van der Waals surface area contributed by atoms with Gasteiger partial charge in [-0.05, 0) is 35.4 Å². The monoisotopic (exact) mass is 484 g/mol. The molecule has 1 saturated carbocycles. The number of carbonyl (C=O) groups is 1. The van der Waals surface area contributed by atoms with Crippen LogP contribution in [0.5, 0.6) is 11.8 Å². The number of amides is 1. The van der Waals surface area contributed by atoms with E-state index in [0.717, 1.165) is 57.7 Å². The number of tetrazole rings is 1. The molecule has 0 bridgehead atoms. The summed E-state index contributed by atoms with van der Waals surface area (Å²) < 4.78 is 25.4. The van der Waals surface area contributed by atoms with Crippen molar-refractivity contribution in [3.8, 4) is 11.8 Å². The molecule has 0 spiro atoms. The molecule has 188 valence electrons. The number of nitrogens with one attached hydrogen (secondary N) is 1. The molecule has 4 unspecified atom stereocenters. The Bertz CT molecular complexity index is 1020. The largest absolute Gasteiger partial charge is 0.423 e. The lowest BCUT2D eigenvalue weighted by atomic mass is 9.88. The van der Waals surface area contributed by atoms with Gasteiger partial charge in [0.15, 0.2) is 0 Å². The van der Waals surface area contributed by atoms with Crippen LogP contribution in [0.2, 0.25) is 0 Å². The van der Waals surface area contributed by atoms with E-state index >= 15 is 0 Å². The van der Waals surface area contributed by atoms with E-state index in [1.807, 2.05) is 18.2 Å². The van der Waals surface area contributed by atoms with Crippen LogP contribution < -0.4 is 15.0 Å². The van der Waals surface area contributed by atoms with Crippen molar-refractivity contribution in [1.82, 2.24) is 25.5 Å². The Morgan fingerprint density at radius 1 is 1.06 bits per heavy atom. The van der Waals surface area contributed by atoms with E-state index in [-0.39, 0.29) is 42.1 Å². The summed E-state index contributed by atoms with van der Waals surface area (Å²) in [5.74, 6) is 0.885. The van der Waals surface area contributed by atoms with E-state index in [0.29, 0.717) is 19.0 Å². The van der Waals surface area contributed by atoms with E-state index in [2.05, 4.69) is 31.8 Å². The van der Waals surface area contributed by atoms with Gasteiger partial charge in [0.1, 0.15) is 24.0 Å². The van der Waals surface area contributed by atoms with E-state index in [9.17, 15) is 4.79 Å². The van der Waals surface area contributed by atoms with Crippen LogP contribution in [0.1, 0.15) is 38.1 Å². The molecule has 3 aliphatic heterocycles. The molecular weight excluding hydrogens is 452 g/mol. The van der Waals surface area contributed by atoms with Crippen molar-refractivity contribution in [3.05, 3.63) is 24.3 Å². The Balaban J connectivity index is 1.11. The van der Waals surface area contributed by atoms with Gasteiger partial charge in [0.05, 0.1) is 32.5 Å². The number of benzene rings is 1. The van der Waals surface area contributed by atoms with E-state index in [1.165, 1.54) is 6.42 Å². The quantitative estimate of drug-likeness (QED) is 0.655. The molecule has 0 radical (unpaired) electrons. The third kappa shape index (κ3) is 4.72. The molecule has 4 atom stereocenters. The van der Waals surface area contributed by atoms with Crippen LogP contribution in [0, 0.1) is 5.92 Å². The zero-order valence-corrected chi connectivity index (χ0v) is 19.8. The number of anilines is 1. The first kappa shape index (κ1) is 22.7. The summed E-state index contributed by atoms with van der Waals surface area (Å²) in [6.45, 7) is 3.94. The van der Waals surface area contributed by atoms with Gasteiger partial charge < -0.3 is 29.2 Å².